The van der Waals surface area contributed by atoms with E-state index in [-0.39, 0.29) is 30.6 Å². The minimum absolute atomic E-state index is 0. The van der Waals surface area contributed by atoms with E-state index in [4.69, 9.17) is 0 Å². The minimum Gasteiger partial charge on any atom is -0.321 e. The van der Waals surface area contributed by atoms with Crippen LogP contribution in [0.1, 0.15) is 46.8 Å². The first-order chi connectivity index (χ1) is 15.7. The Morgan fingerprint density at radius 2 is 1.63 bits per heavy atom. The minimum atomic E-state index is -4.98. The zero-order valence-electron chi connectivity index (χ0n) is 19.1. The SMILES string of the molecule is Cc1cc(F)ccc1[C@H]1CNCCN1C(=O)N(C)[C@H](C)c1cc(C(F)(F)F)cc(C(F)(F)F)c1.Cl. The maximum absolute atomic E-state index is 13.6. The molecule has 2 amide bonds. The number of halogens is 8. The molecule has 0 saturated carbocycles. The van der Waals surface area contributed by atoms with Gasteiger partial charge in [-0.2, -0.15) is 26.3 Å². The van der Waals surface area contributed by atoms with Gasteiger partial charge in [0.1, 0.15) is 5.82 Å². The van der Waals surface area contributed by atoms with Gasteiger partial charge < -0.3 is 15.1 Å². The lowest BCUT2D eigenvalue weighted by Crippen LogP contribution is -2.52. The summed E-state index contributed by atoms with van der Waals surface area (Å²) in [7, 11) is 1.33. The lowest BCUT2D eigenvalue weighted by atomic mass is 9.98. The van der Waals surface area contributed by atoms with Crippen molar-refractivity contribution in [2.45, 2.75) is 38.3 Å². The zero-order valence-corrected chi connectivity index (χ0v) is 19.9. The van der Waals surface area contributed by atoms with E-state index >= 15 is 0 Å². The van der Waals surface area contributed by atoms with Gasteiger partial charge in [0.05, 0.1) is 23.2 Å². The average molecular weight is 528 g/mol. The number of nitrogens with one attached hydrogen (secondary N) is 1. The van der Waals surface area contributed by atoms with Gasteiger partial charge in [-0.05, 0) is 60.9 Å². The average Bonchev–Trinajstić information content (AvgIpc) is 2.76. The van der Waals surface area contributed by atoms with Crippen LogP contribution in [0.15, 0.2) is 36.4 Å². The molecule has 0 aromatic heterocycles. The Hall–Kier alpha value is -2.53. The first kappa shape index (κ1) is 28.7. The van der Waals surface area contributed by atoms with Crippen molar-refractivity contribution in [3.63, 3.8) is 0 Å². The normalized spacial score (nSPS) is 17.5. The molecule has 0 unspecified atom stereocenters. The van der Waals surface area contributed by atoms with E-state index < -0.39 is 47.4 Å². The van der Waals surface area contributed by atoms with Crippen LogP contribution < -0.4 is 5.32 Å². The third kappa shape index (κ3) is 6.38. The molecule has 0 radical (unpaired) electrons. The van der Waals surface area contributed by atoms with E-state index in [1.807, 2.05) is 0 Å². The maximum Gasteiger partial charge on any atom is 0.416 e. The molecule has 1 heterocycles. The van der Waals surface area contributed by atoms with Crippen molar-refractivity contribution in [1.29, 1.82) is 0 Å². The molecule has 2 aromatic carbocycles. The fraction of sp³-hybridized carbons (Fsp3) is 0.435. The Morgan fingerprint density at radius 3 is 2.14 bits per heavy atom. The summed E-state index contributed by atoms with van der Waals surface area (Å²) in [6.07, 6.45) is -9.97. The van der Waals surface area contributed by atoms with Crippen LogP contribution >= 0.6 is 12.4 Å². The van der Waals surface area contributed by atoms with Crippen LogP contribution in [-0.4, -0.2) is 42.5 Å². The second-order valence-electron chi connectivity index (χ2n) is 8.32. The molecular weight excluding hydrogens is 503 g/mol. The molecule has 4 nitrogen and oxygen atoms in total. The molecule has 1 aliphatic heterocycles. The number of carbonyl (C=O) groups excluding carboxylic acids is 1. The number of alkyl halides is 6. The summed E-state index contributed by atoms with van der Waals surface area (Å²) in [6, 6.07) is 3.36. The molecule has 1 fully saturated rings. The molecule has 35 heavy (non-hydrogen) atoms. The number of piperazine rings is 1. The summed E-state index contributed by atoms with van der Waals surface area (Å²) in [5.74, 6) is -0.432. The van der Waals surface area contributed by atoms with Crippen molar-refractivity contribution in [1.82, 2.24) is 15.1 Å². The van der Waals surface area contributed by atoms with E-state index in [1.165, 1.54) is 31.0 Å². The summed E-state index contributed by atoms with van der Waals surface area (Å²) in [5, 5.41) is 3.15. The summed E-state index contributed by atoms with van der Waals surface area (Å²) < 4.78 is 93.2. The monoisotopic (exact) mass is 527 g/mol. The van der Waals surface area contributed by atoms with Crippen LogP contribution in [0.25, 0.3) is 0 Å². The molecule has 194 valence electrons. The molecule has 0 aliphatic carbocycles. The number of rotatable bonds is 3. The number of nitrogens with zero attached hydrogens (tertiary/aromatic N) is 2. The molecule has 2 aromatic rings. The quantitative estimate of drug-likeness (QED) is 0.472. The van der Waals surface area contributed by atoms with Crippen LogP contribution in [0.5, 0.6) is 0 Å². The number of hydrogen-bond acceptors (Lipinski definition) is 2. The van der Waals surface area contributed by atoms with Crippen LogP contribution in [0.4, 0.5) is 35.5 Å². The highest BCUT2D eigenvalue weighted by molar-refractivity contribution is 5.85. The molecule has 1 saturated heterocycles. The standard InChI is InChI=1S/C23H24F7N3O.ClH/c1-13-8-18(24)4-5-19(13)20-12-31-6-7-33(20)21(34)32(3)14(2)15-9-16(22(25,26)27)11-17(10-15)23(28,29)30;/h4-5,8-11,14,20,31H,6-7,12H2,1-3H3;1H/t14-,20-;/m1./s1. The number of urea groups is 1. The smallest absolute Gasteiger partial charge is 0.321 e. The second-order valence-corrected chi connectivity index (χ2v) is 8.32. The van der Waals surface area contributed by atoms with E-state index in [0.717, 1.165) is 4.90 Å². The van der Waals surface area contributed by atoms with Crippen molar-refractivity contribution >= 4 is 18.4 Å². The van der Waals surface area contributed by atoms with E-state index in [0.29, 0.717) is 36.3 Å². The highest BCUT2D eigenvalue weighted by atomic mass is 35.5. The number of amides is 2. The fourth-order valence-electron chi connectivity index (χ4n) is 4.04. The zero-order chi connectivity index (χ0) is 25.4. The maximum atomic E-state index is 13.6. The van der Waals surface area contributed by atoms with Crippen LogP contribution in [-0.2, 0) is 12.4 Å². The molecule has 1 N–H and O–H groups in total. The Bertz CT molecular complexity index is 1030. The van der Waals surface area contributed by atoms with Crippen LogP contribution in [0, 0.1) is 12.7 Å². The van der Waals surface area contributed by atoms with Crippen molar-refractivity contribution in [3.05, 3.63) is 70.0 Å². The van der Waals surface area contributed by atoms with Crippen LogP contribution in [0.2, 0.25) is 0 Å². The molecule has 3 rings (SSSR count). The van der Waals surface area contributed by atoms with Gasteiger partial charge in [0.2, 0.25) is 0 Å². The lowest BCUT2D eigenvalue weighted by molar-refractivity contribution is -0.143. The summed E-state index contributed by atoms with van der Waals surface area (Å²) in [5.41, 5.74) is -1.85. The predicted octanol–water partition coefficient (Wildman–Crippen LogP) is 6.35. The molecule has 0 spiro atoms. The molecular formula is C23H25ClF7N3O. The number of benzene rings is 2. The van der Waals surface area contributed by atoms with Crippen LogP contribution in [0.3, 0.4) is 0 Å². The number of carbonyl (C=O) groups is 1. The first-order valence-electron chi connectivity index (χ1n) is 10.5. The van der Waals surface area contributed by atoms with E-state index in [2.05, 4.69) is 5.32 Å². The second kappa shape index (κ2) is 10.6. The van der Waals surface area contributed by atoms with Gasteiger partial charge in [-0.15, -0.1) is 12.4 Å². The lowest BCUT2D eigenvalue weighted by Gasteiger charge is -2.40. The Morgan fingerprint density at radius 1 is 1.06 bits per heavy atom. The topological polar surface area (TPSA) is 35.6 Å². The molecule has 2 atom stereocenters. The summed E-state index contributed by atoms with van der Waals surface area (Å²) in [4.78, 5) is 16.0. The summed E-state index contributed by atoms with van der Waals surface area (Å²) in [6.45, 7) is 4.14. The largest absolute Gasteiger partial charge is 0.416 e. The van der Waals surface area contributed by atoms with E-state index in [1.54, 1.807) is 13.0 Å². The Balaban J connectivity index is 0.00000432. The van der Waals surface area contributed by atoms with Gasteiger partial charge in [0, 0.05) is 26.7 Å². The van der Waals surface area contributed by atoms with Crippen molar-refractivity contribution in [2.24, 2.45) is 0 Å². The predicted molar refractivity (Wildman–Crippen MR) is 119 cm³/mol. The van der Waals surface area contributed by atoms with Gasteiger partial charge in [0.15, 0.2) is 0 Å². The Labute approximate surface area is 204 Å². The molecule has 0 bridgehead atoms. The third-order valence-corrected chi connectivity index (χ3v) is 6.06. The molecule has 12 heteroatoms. The van der Waals surface area contributed by atoms with Gasteiger partial charge in [0.25, 0.3) is 0 Å². The van der Waals surface area contributed by atoms with Crippen molar-refractivity contribution in [3.8, 4) is 0 Å². The third-order valence-electron chi connectivity index (χ3n) is 6.06. The van der Waals surface area contributed by atoms with Gasteiger partial charge >= 0.3 is 18.4 Å². The van der Waals surface area contributed by atoms with Gasteiger partial charge in [-0.25, -0.2) is 9.18 Å². The highest BCUT2D eigenvalue weighted by Crippen LogP contribution is 2.38. The number of hydrogen-bond donors (Lipinski definition) is 1. The molecule has 1 aliphatic rings. The van der Waals surface area contributed by atoms with Crippen molar-refractivity contribution < 1.29 is 35.5 Å². The first-order valence-corrected chi connectivity index (χ1v) is 10.5. The summed E-state index contributed by atoms with van der Waals surface area (Å²) >= 11 is 0. The van der Waals surface area contributed by atoms with Gasteiger partial charge in [-0.1, -0.05) is 6.07 Å². The van der Waals surface area contributed by atoms with Crippen molar-refractivity contribution in [2.75, 3.05) is 26.7 Å². The Kier molecular flexibility index (Phi) is 8.70. The van der Waals surface area contributed by atoms with E-state index in [9.17, 15) is 35.5 Å². The number of aryl methyl sites for hydroxylation is 1. The fourth-order valence-corrected chi connectivity index (χ4v) is 4.04. The van der Waals surface area contributed by atoms with Gasteiger partial charge in [-0.3, -0.25) is 0 Å². The highest BCUT2D eigenvalue weighted by Gasteiger charge is 2.38.